The Hall–Kier alpha value is -6.98. The standard InChI is InChI=1S/C46H28N2O3/c1-5-29(21-31(7-1)35-13-15-43-41(25-35)39-17-19-47-27-45(39)50-43)33-9-3-11-37(23-33)49-38-12-4-10-34(24-38)30-6-2-8-32(22-30)36-14-16-44-42(26-36)40-18-20-48-28-46(40)51-44/h1-28H. The Balaban J connectivity index is 0.920. The van der Waals surface area contributed by atoms with Crippen LogP contribution >= 0.6 is 0 Å². The van der Waals surface area contributed by atoms with Crippen LogP contribution in [0.1, 0.15) is 0 Å². The lowest BCUT2D eigenvalue weighted by Gasteiger charge is -2.11. The fourth-order valence-electron chi connectivity index (χ4n) is 6.99. The van der Waals surface area contributed by atoms with Crippen molar-refractivity contribution < 1.29 is 13.6 Å². The number of hydrogen-bond acceptors (Lipinski definition) is 5. The molecule has 240 valence electrons. The third-order valence-electron chi connectivity index (χ3n) is 9.51. The van der Waals surface area contributed by atoms with E-state index < -0.39 is 0 Å². The van der Waals surface area contributed by atoms with Crippen LogP contribution < -0.4 is 4.74 Å². The SMILES string of the molecule is c1cc(Oc2cccc(-c3cccc(-c4ccc5oc6cnccc6c5c4)c3)c2)cc(-c2cccc(-c3ccc4oc5cnccc5c4c3)c2)c1. The Morgan fingerprint density at radius 1 is 0.333 bits per heavy atom. The molecule has 5 nitrogen and oxygen atoms in total. The van der Waals surface area contributed by atoms with Crippen LogP contribution in [-0.4, -0.2) is 9.97 Å². The highest BCUT2D eigenvalue weighted by Gasteiger charge is 2.12. The highest BCUT2D eigenvalue weighted by molar-refractivity contribution is 6.07. The second-order valence-electron chi connectivity index (χ2n) is 12.7. The Morgan fingerprint density at radius 3 is 1.18 bits per heavy atom. The molecule has 10 aromatic rings. The van der Waals surface area contributed by atoms with Crippen molar-refractivity contribution in [2.75, 3.05) is 0 Å². The van der Waals surface area contributed by atoms with Crippen LogP contribution in [0, 0.1) is 0 Å². The predicted octanol–water partition coefficient (Wildman–Crippen LogP) is 12.7. The van der Waals surface area contributed by atoms with Gasteiger partial charge in [-0.3, -0.25) is 9.97 Å². The van der Waals surface area contributed by atoms with Crippen molar-refractivity contribution in [2.24, 2.45) is 0 Å². The summed E-state index contributed by atoms with van der Waals surface area (Å²) in [5, 5.41) is 4.31. The fraction of sp³-hybridized carbons (Fsp3) is 0. The van der Waals surface area contributed by atoms with Crippen LogP contribution in [0.3, 0.4) is 0 Å². The molecular formula is C46H28N2O3. The van der Waals surface area contributed by atoms with E-state index in [4.69, 9.17) is 13.6 Å². The smallest absolute Gasteiger partial charge is 0.153 e. The lowest BCUT2D eigenvalue weighted by atomic mass is 9.98. The molecule has 0 aliphatic carbocycles. The maximum Gasteiger partial charge on any atom is 0.153 e. The lowest BCUT2D eigenvalue weighted by molar-refractivity contribution is 0.483. The minimum Gasteiger partial charge on any atom is -0.457 e. The normalized spacial score (nSPS) is 11.5. The largest absolute Gasteiger partial charge is 0.457 e. The summed E-state index contributed by atoms with van der Waals surface area (Å²) < 4.78 is 18.5. The van der Waals surface area contributed by atoms with Crippen molar-refractivity contribution in [1.29, 1.82) is 0 Å². The Bertz CT molecular complexity index is 2720. The third-order valence-corrected chi connectivity index (χ3v) is 9.51. The van der Waals surface area contributed by atoms with Gasteiger partial charge < -0.3 is 13.6 Å². The molecule has 0 atom stereocenters. The van der Waals surface area contributed by atoms with E-state index in [9.17, 15) is 0 Å². The average Bonchev–Trinajstić information content (AvgIpc) is 3.76. The quantitative estimate of drug-likeness (QED) is 0.178. The van der Waals surface area contributed by atoms with Crippen LogP contribution in [0.4, 0.5) is 0 Å². The van der Waals surface area contributed by atoms with Crippen LogP contribution in [-0.2, 0) is 0 Å². The molecule has 0 aliphatic heterocycles. The highest BCUT2D eigenvalue weighted by atomic mass is 16.5. The number of nitrogens with zero attached hydrogens (tertiary/aromatic N) is 2. The summed E-state index contributed by atoms with van der Waals surface area (Å²) in [6, 6.07) is 50.4. The van der Waals surface area contributed by atoms with Crippen molar-refractivity contribution in [3.63, 3.8) is 0 Å². The highest BCUT2D eigenvalue weighted by Crippen LogP contribution is 2.37. The molecule has 0 saturated heterocycles. The van der Waals surface area contributed by atoms with E-state index in [2.05, 4.69) is 107 Å². The Kier molecular flexibility index (Phi) is 6.74. The molecule has 51 heavy (non-hydrogen) atoms. The molecule has 0 bridgehead atoms. The first-order chi connectivity index (χ1) is 25.2. The van der Waals surface area contributed by atoms with E-state index in [1.807, 2.05) is 48.5 Å². The first-order valence-corrected chi connectivity index (χ1v) is 16.8. The number of pyridine rings is 2. The monoisotopic (exact) mass is 656 g/mol. The molecule has 0 amide bonds. The van der Waals surface area contributed by atoms with Crippen molar-refractivity contribution in [3.05, 3.63) is 170 Å². The van der Waals surface area contributed by atoms with E-state index in [1.165, 1.54) is 0 Å². The Morgan fingerprint density at radius 2 is 0.725 bits per heavy atom. The molecule has 0 unspecified atom stereocenters. The number of ether oxygens (including phenoxy) is 1. The molecule has 10 rings (SSSR count). The van der Waals surface area contributed by atoms with Gasteiger partial charge in [0.2, 0.25) is 0 Å². The van der Waals surface area contributed by atoms with E-state index in [0.717, 1.165) is 99.9 Å². The van der Waals surface area contributed by atoms with Gasteiger partial charge in [0, 0.05) is 33.9 Å². The summed E-state index contributed by atoms with van der Waals surface area (Å²) in [7, 11) is 0. The van der Waals surface area contributed by atoms with Gasteiger partial charge in [-0.25, -0.2) is 0 Å². The van der Waals surface area contributed by atoms with E-state index >= 15 is 0 Å². The second kappa shape index (κ2) is 11.9. The van der Waals surface area contributed by atoms with Gasteiger partial charge in [0.05, 0.1) is 12.4 Å². The van der Waals surface area contributed by atoms with E-state index in [-0.39, 0.29) is 0 Å². The van der Waals surface area contributed by atoms with Crippen LogP contribution in [0.2, 0.25) is 0 Å². The van der Waals surface area contributed by atoms with Gasteiger partial charge in [-0.1, -0.05) is 72.8 Å². The second-order valence-corrected chi connectivity index (χ2v) is 12.7. The van der Waals surface area contributed by atoms with Gasteiger partial charge in [-0.2, -0.15) is 0 Å². The summed E-state index contributed by atoms with van der Waals surface area (Å²) >= 11 is 0. The van der Waals surface area contributed by atoms with Crippen LogP contribution in [0.25, 0.3) is 88.4 Å². The van der Waals surface area contributed by atoms with Gasteiger partial charge >= 0.3 is 0 Å². The number of furan rings is 2. The zero-order valence-electron chi connectivity index (χ0n) is 27.3. The lowest BCUT2D eigenvalue weighted by Crippen LogP contribution is -1.87. The van der Waals surface area contributed by atoms with Gasteiger partial charge in [0.1, 0.15) is 22.7 Å². The maximum atomic E-state index is 6.46. The number of rotatable bonds is 6. The topological polar surface area (TPSA) is 61.3 Å². The zero-order chi connectivity index (χ0) is 33.7. The van der Waals surface area contributed by atoms with Crippen LogP contribution in [0.15, 0.2) is 179 Å². The fourth-order valence-corrected chi connectivity index (χ4v) is 6.99. The molecule has 4 aromatic heterocycles. The first-order valence-electron chi connectivity index (χ1n) is 16.8. The summed E-state index contributed by atoms with van der Waals surface area (Å²) in [4.78, 5) is 8.41. The molecule has 6 aromatic carbocycles. The molecule has 0 fully saturated rings. The summed E-state index contributed by atoms with van der Waals surface area (Å²) in [5.74, 6) is 1.55. The zero-order valence-corrected chi connectivity index (χ0v) is 27.3. The van der Waals surface area contributed by atoms with Gasteiger partial charge in [-0.05, 0) is 117 Å². The van der Waals surface area contributed by atoms with Crippen molar-refractivity contribution >= 4 is 43.9 Å². The average molecular weight is 657 g/mol. The molecular weight excluding hydrogens is 629 g/mol. The third kappa shape index (κ3) is 5.29. The minimum absolute atomic E-state index is 0.777. The van der Waals surface area contributed by atoms with Crippen molar-refractivity contribution in [1.82, 2.24) is 9.97 Å². The molecule has 0 N–H and O–H groups in total. The number of fused-ring (bicyclic) bond motifs is 6. The van der Waals surface area contributed by atoms with Crippen LogP contribution in [0.5, 0.6) is 11.5 Å². The minimum atomic E-state index is 0.777. The molecule has 0 radical (unpaired) electrons. The number of hydrogen-bond donors (Lipinski definition) is 0. The maximum absolute atomic E-state index is 6.46. The summed E-state index contributed by atoms with van der Waals surface area (Å²) in [6.07, 6.45) is 7.14. The van der Waals surface area contributed by atoms with Crippen molar-refractivity contribution in [2.45, 2.75) is 0 Å². The predicted molar refractivity (Wildman–Crippen MR) is 205 cm³/mol. The van der Waals surface area contributed by atoms with Crippen molar-refractivity contribution in [3.8, 4) is 56.0 Å². The molecule has 0 aliphatic rings. The molecule has 0 spiro atoms. The first kappa shape index (κ1) is 29.0. The Labute approximate surface area is 293 Å². The number of aromatic nitrogens is 2. The van der Waals surface area contributed by atoms with E-state index in [0.29, 0.717) is 0 Å². The molecule has 5 heteroatoms. The van der Waals surface area contributed by atoms with Gasteiger partial charge in [-0.15, -0.1) is 0 Å². The van der Waals surface area contributed by atoms with Gasteiger partial charge in [0.15, 0.2) is 11.2 Å². The molecule has 0 saturated carbocycles. The summed E-state index contributed by atoms with van der Waals surface area (Å²) in [6.45, 7) is 0. The summed E-state index contributed by atoms with van der Waals surface area (Å²) in [5.41, 5.74) is 12.2. The van der Waals surface area contributed by atoms with Gasteiger partial charge in [0.25, 0.3) is 0 Å². The molecule has 4 heterocycles. The van der Waals surface area contributed by atoms with E-state index in [1.54, 1.807) is 24.8 Å². The number of benzene rings is 6.